The van der Waals surface area contributed by atoms with Crippen LogP contribution in [0.5, 0.6) is 0 Å². The molecule has 0 nitrogen and oxygen atoms in total. The third-order valence-electron chi connectivity index (χ3n) is 10.2. The molecule has 2 spiro atoms. The molecule has 9 rings (SSSR count). The van der Waals surface area contributed by atoms with Crippen molar-refractivity contribution in [3.63, 3.8) is 0 Å². The first-order valence-electron chi connectivity index (χ1n) is 14.5. The maximum atomic E-state index is 7.55. The Morgan fingerprint density at radius 3 is 1.79 bits per heavy atom. The van der Waals surface area contributed by atoms with Crippen molar-refractivity contribution in [2.45, 2.75) is 49.4 Å². The van der Waals surface area contributed by atoms with E-state index in [0.717, 1.165) is 43.6 Å². The molecule has 6 aliphatic rings. The lowest BCUT2D eigenvalue weighted by Crippen LogP contribution is -2.49. The highest BCUT2D eigenvalue weighted by Gasteiger charge is 2.63. The van der Waals surface area contributed by atoms with Crippen LogP contribution < -0.4 is 0 Å². The van der Waals surface area contributed by atoms with Crippen LogP contribution in [0.2, 0.25) is 0 Å². The van der Waals surface area contributed by atoms with Gasteiger partial charge in [0.2, 0.25) is 0 Å². The van der Waals surface area contributed by atoms with Gasteiger partial charge in [-0.05, 0) is 105 Å². The Bertz CT molecular complexity index is 1770. The van der Waals surface area contributed by atoms with E-state index in [1.54, 1.807) is 5.57 Å². The smallest absolute Gasteiger partial charge is 0.0727 e. The Morgan fingerprint density at radius 1 is 0.538 bits per heavy atom. The van der Waals surface area contributed by atoms with Gasteiger partial charge in [0.1, 0.15) is 0 Å². The molecule has 0 bridgehead atoms. The van der Waals surface area contributed by atoms with Gasteiger partial charge in [0.25, 0.3) is 0 Å². The van der Waals surface area contributed by atoms with Crippen LogP contribution in [0, 0.1) is 0 Å². The molecule has 3 aromatic carbocycles. The predicted molar refractivity (Wildman–Crippen MR) is 162 cm³/mol. The number of rotatable bonds is 0. The minimum atomic E-state index is -0.378. The standard InChI is InChI=1S/C38H29Cl/c39-35-23-11-22-34-36(35)38(30-18-7-3-14-26(30)27-15-4-8-19-31(27)38)33-21-10-9-20-32(33)37(34)28-16-5-1-12-24(28)25-13-2-6-17-29(25)37/h1-5,7-8,12-16,18-22H,6,9-11,17,23H2. The summed E-state index contributed by atoms with van der Waals surface area (Å²) in [7, 11) is 0. The number of halogens is 1. The molecule has 0 radical (unpaired) electrons. The van der Waals surface area contributed by atoms with Crippen LogP contribution in [0.15, 0.2) is 136 Å². The summed E-state index contributed by atoms with van der Waals surface area (Å²) in [5, 5.41) is 1.04. The van der Waals surface area contributed by atoms with Crippen molar-refractivity contribution in [3.05, 3.63) is 158 Å². The second kappa shape index (κ2) is 7.74. The van der Waals surface area contributed by atoms with Crippen LogP contribution in [-0.4, -0.2) is 0 Å². The molecule has 0 aromatic heterocycles. The van der Waals surface area contributed by atoms with Crippen molar-refractivity contribution in [1.82, 2.24) is 0 Å². The van der Waals surface area contributed by atoms with E-state index >= 15 is 0 Å². The third kappa shape index (κ3) is 2.45. The molecule has 0 amide bonds. The SMILES string of the molecule is ClC1=C2C(=CCC1)C1(C3=CCCC=C3C23c2ccccc2-c2ccccc23)C2=C(C=CCC2)c2ccccc21. The monoisotopic (exact) mass is 520 g/mol. The Morgan fingerprint density at radius 2 is 1.10 bits per heavy atom. The van der Waals surface area contributed by atoms with Crippen LogP contribution in [0.25, 0.3) is 16.7 Å². The summed E-state index contributed by atoms with van der Waals surface area (Å²) in [6.45, 7) is 0. The molecule has 0 saturated heterocycles. The zero-order valence-electron chi connectivity index (χ0n) is 21.9. The van der Waals surface area contributed by atoms with E-state index in [1.807, 2.05) is 0 Å². The molecule has 1 unspecified atom stereocenters. The van der Waals surface area contributed by atoms with Gasteiger partial charge in [0.15, 0.2) is 0 Å². The van der Waals surface area contributed by atoms with Crippen molar-refractivity contribution in [3.8, 4) is 11.1 Å². The van der Waals surface area contributed by atoms with E-state index in [2.05, 4.69) is 103 Å². The van der Waals surface area contributed by atoms with Crippen molar-refractivity contribution in [2.24, 2.45) is 0 Å². The highest BCUT2D eigenvalue weighted by Crippen LogP contribution is 2.72. The average molecular weight is 521 g/mol. The predicted octanol–water partition coefficient (Wildman–Crippen LogP) is 9.88. The maximum Gasteiger partial charge on any atom is 0.0727 e. The van der Waals surface area contributed by atoms with Gasteiger partial charge in [-0.15, -0.1) is 0 Å². The summed E-state index contributed by atoms with van der Waals surface area (Å²) < 4.78 is 0. The average Bonchev–Trinajstić information content (AvgIpc) is 3.46. The lowest BCUT2D eigenvalue weighted by molar-refractivity contribution is 0.555. The number of fused-ring (bicyclic) bond motifs is 15. The third-order valence-corrected chi connectivity index (χ3v) is 10.6. The molecule has 188 valence electrons. The Kier molecular flexibility index (Phi) is 4.41. The lowest BCUT2D eigenvalue weighted by Gasteiger charge is -2.55. The van der Waals surface area contributed by atoms with Gasteiger partial charge in [-0.25, -0.2) is 0 Å². The van der Waals surface area contributed by atoms with E-state index in [9.17, 15) is 0 Å². The molecule has 3 aromatic rings. The van der Waals surface area contributed by atoms with Gasteiger partial charge in [-0.1, -0.05) is 115 Å². The minimum Gasteiger partial charge on any atom is -0.0888 e. The molecule has 0 heterocycles. The summed E-state index contributed by atoms with van der Waals surface area (Å²) in [6, 6.07) is 27.4. The first-order valence-corrected chi connectivity index (χ1v) is 14.9. The van der Waals surface area contributed by atoms with Crippen LogP contribution in [0.4, 0.5) is 0 Å². The zero-order valence-corrected chi connectivity index (χ0v) is 22.7. The zero-order chi connectivity index (χ0) is 25.8. The molecular weight excluding hydrogens is 492 g/mol. The topological polar surface area (TPSA) is 0 Å². The van der Waals surface area contributed by atoms with Gasteiger partial charge in [0, 0.05) is 5.03 Å². The number of benzene rings is 3. The molecule has 1 fully saturated rings. The number of hydrogen-bond acceptors (Lipinski definition) is 0. The molecule has 1 saturated carbocycles. The van der Waals surface area contributed by atoms with Gasteiger partial charge in [-0.2, -0.15) is 0 Å². The molecular formula is C38H29Cl. The normalized spacial score (nSPS) is 24.9. The van der Waals surface area contributed by atoms with Gasteiger partial charge in [0.05, 0.1) is 10.8 Å². The van der Waals surface area contributed by atoms with E-state index in [-0.39, 0.29) is 10.8 Å². The number of hydrogen-bond donors (Lipinski definition) is 0. The minimum absolute atomic E-state index is 0.267. The summed E-state index contributed by atoms with van der Waals surface area (Å²) in [5.41, 5.74) is 16.5. The van der Waals surface area contributed by atoms with Crippen molar-refractivity contribution < 1.29 is 0 Å². The van der Waals surface area contributed by atoms with E-state index in [1.165, 1.54) is 61.2 Å². The molecule has 0 N–H and O–H groups in total. The van der Waals surface area contributed by atoms with Crippen LogP contribution in [0.3, 0.4) is 0 Å². The fraction of sp³-hybridized carbons (Fsp3) is 0.211. The summed E-state index contributed by atoms with van der Waals surface area (Å²) in [4.78, 5) is 0. The van der Waals surface area contributed by atoms with Crippen LogP contribution in [-0.2, 0) is 10.8 Å². The molecule has 1 heteroatoms. The first-order chi connectivity index (χ1) is 19.3. The molecule has 39 heavy (non-hydrogen) atoms. The van der Waals surface area contributed by atoms with Crippen LogP contribution >= 0.6 is 11.6 Å². The quantitative estimate of drug-likeness (QED) is 0.276. The summed E-state index contributed by atoms with van der Waals surface area (Å²) in [5.74, 6) is 0. The van der Waals surface area contributed by atoms with Crippen LogP contribution in [0.1, 0.15) is 60.8 Å². The maximum absolute atomic E-state index is 7.55. The van der Waals surface area contributed by atoms with Crippen molar-refractivity contribution in [2.75, 3.05) is 0 Å². The van der Waals surface area contributed by atoms with E-state index in [0.29, 0.717) is 0 Å². The fourth-order valence-electron chi connectivity index (χ4n) is 9.05. The highest BCUT2D eigenvalue weighted by atomic mass is 35.5. The Labute approximate surface area is 235 Å². The van der Waals surface area contributed by atoms with Crippen molar-refractivity contribution >= 4 is 17.2 Å². The first kappa shape index (κ1) is 22.2. The van der Waals surface area contributed by atoms with E-state index in [4.69, 9.17) is 11.6 Å². The van der Waals surface area contributed by atoms with E-state index < -0.39 is 0 Å². The van der Waals surface area contributed by atoms with Gasteiger partial charge < -0.3 is 0 Å². The van der Waals surface area contributed by atoms with Gasteiger partial charge in [-0.3, -0.25) is 0 Å². The molecule has 0 aliphatic heterocycles. The Hall–Kier alpha value is -3.61. The lowest BCUT2D eigenvalue weighted by atomic mass is 9.46. The summed E-state index contributed by atoms with van der Waals surface area (Å²) >= 11 is 7.55. The fourth-order valence-corrected chi connectivity index (χ4v) is 9.40. The molecule has 6 aliphatic carbocycles. The second-order valence-electron chi connectivity index (χ2n) is 11.7. The number of allylic oxidation sites excluding steroid dienone is 12. The van der Waals surface area contributed by atoms with Crippen molar-refractivity contribution in [1.29, 1.82) is 0 Å². The molecule has 1 atom stereocenters. The Balaban J connectivity index is 1.48. The summed E-state index contributed by atoms with van der Waals surface area (Å²) in [6.07, 6.45) is 18.8. The van der Waals surface area contributed by atoms with Gasteiger partial charge >= 0.3 is 0 Å². The largest absolute Gasteiger partial charge is 0.0888 e. The second-order valence-corrected chi connectivity index (χ2v) is 12.2. The highest BCUT2D eigenvalue weighted by molar-refractivity contribution is 6.31.